The molecule has 100 valence electrons. The molecule has 2 aromatic rings. The normalized spacial score (nSPS) is 22.8. The third kappa shape index (κ3) is 2.66. The molecule has 5 heteroatoms. The summed E-state index contributed by atoms with van der Waals surface area (Å²) in [5, 5.41) is 7.35. The van der Waals surface area contributed by atoms with E-state index in [0.29, 0.717) is 24.1 Å². The lowest BCUT2D eigenvalue weighted by atomic mass is 10.0. The Hall–Kier alpha value is -1.75. The zero-order valence-electron chi connectivity index (χ0n) is 10.8. The lowest BCUT2D eigenvalue weighted by molar-refractivity contribution is 0.317. The van der Waals surface area contributed by atoms with Gasteiger partial charge in [-0.15, -0.1) is 0 Å². The number of nitrogens with one attached hydrogen (secondary N) is 1. The summed E-state index contributed by atoms with van der Waals surface area (Å²) in [5.74, 6) is 1.57. The van der Waals surface area contributed by atoms with Gasteiger partial charge in [-0.1, -0.05) is 24.2 Å². The number of halogens is 1. The van der Waals surface area contributed by atoms with Gasteiger partial charge in [0.05, 0.1) is 6.04 Å². The number of rotatable bonds is 3. The molecule has 0 saturated carbocycles. The van der Waals surface area contributed by atoms with Gasteiger partial charge in [0.15, 0.2) is 5.82 Å². The largest absolute Gasteiger partial charge is 0.338 e. The van der Waals surface area contributed by atoms with Gasteiger partial charge in [-0.3, -0.25) is 0 Å². The van der Waals surface area contributed by atoms with Crippen LogP contribution in [0.1, 0.15) is 36.7 Å². The molecular formula is C14H16FN3O. The van der Waals surface area contributed by atoms with E-state index >= 15 is 0 Å². The van der Waals surface area contributed by atoms with Gasteiger partial charge in [-0.2, -0.15) is 4.98 Å². The van der Waals surface area contributed by atoms with Crippen LogP contribution >= 0.6 is 0 Å². The predicted molar refractivity (Wildman–Crippen MR) is 68.0 cm³/mol. The van der Waals surface area contributed by atoms with Gasteiger partial charge in [0.25, 0.3) is 0 Å². The Morgan fingerprint density at radius 3 is 2.84 bits per heavy atom. The van der Waals surface area contributed by atoms with Crippen molar-refractivity contribution >= 4 is 0 Å². The molecule has 0 bridgehead atoms. The SMILES string of the molecule is CC1CCNC1c1nc(Cc2ccc(F)cc2)no1. The molecule has 1 N–H and O–H groups in total. The smallest absolute Gasteiger partial charge is 0.244 e. The maximum Gasteiger partial charge on any atom is 0.244 e. The third-order valence-corrected chi connectivity index (χ3v) is 3.56. The van der Waals surface area contributed by atoms with E-state index in [-0.39, 0.29) is 11.9 Å². The van der Waals surface area contributed by atoms with Gasteiger partial charge in [-0.25, -0.2) is 4.39 Å². The first kappa shape index (κ1) is 12.3. The lowest BCUT2D eigenvalue weighted by Gasteiger charge is -2.09. The van der Waals surface area contributed by atoms with Gasteiger partial charge in [-0.05, 0) is 36.6 Å². The molecule has 0 radical (unpaired) electrons. The molecule has 2 atom stereocenters. The molecular weight excluding hydrogens is 245 g/mol. The number of nitrogens with zero attached hydrogens (tertiary/aromatic N) is 2. The van der Waals surface area contributed by atoms with Crippen molar-refractivity contribution in [2.45, 2.75) is 25.8 Å². The summed E-state index contributed by atoms with van der Waals surface area (Å²) in [5.41, 5.74) is 0.973. The van der Waals surface area contributed by atoms with Crippen molar-refractivity contribution in [1.29, 1.82) is 0 Å². The van der Waals surface area contributed by atoms with Gasteiger partial charge in [0.2, 0.25) is 5.89 Å². The number of benzene rings is 1. The maximum absolute atomic E-state index is 12.8. The van der Waals surface area contributed by atoms with E-state index in [0.717, 1.165) is 18.5 Å². The Balaban J connectivity index is 1.72. The van der Waals surface area contributed by atoms with E-state index in [2.05, 4.69) is 22.4 Å². The van der Waals surface area contributed by atoms with Crippen molar-refractivity contribution in [3.8, 4) is 0 Å². The van der Waals surface area contributed by atoms with E-state index in [1.54, 1.807) is 12.1 Å². The summed E-state index contributed by atoms with van der Waals surface area (Å²) in [6, 6.07) is 6.52. The molecule has 2 unspecified atom stereocenters. The molecule has 0 aliphatic carbocycles. The van der Waals surface area contributed by atoms with Crippen molar-refractivity contribution in [3.63, 3.8) is 0 Å². The molecule has 1 aliphatic rings. The molecule has 0 amide bonds. The lowest BCUT2D eigenvalue weighted by Crippen LogP contribution is -2.16. The summed E-state index contributed by atoms with van der Waals surface area (Å²) in [4.78, 5) is 4.43. The van der Waals surface area contributed by atoms with Crippen molar-refractivity contribution in [2.24, 2.45) is 5.92 Å². The van der Waals surface area contributed by atoms with Crippen LogP contribution in [-0.4, -0.2) is 16.7 Å². The number of hydrogen-bond donors (Lipinski definition) is 1. The first-order chi connectivity index (χ1) is 9.22. The van der Waals surface area contributed by atoms with E-state index < -0.39 is 0 Å². The van der Waals surface area contributed by atoms with Crippen LogP contribution in [0.2, 0.25) is 0 Å². The van der Waals surface area contributed by atoms with Gasteiger partial charge in [0.1, 0.15) is 5.82 Å². The third-order valence-electron chi connectivity index (χ3n) is 3.56. The minimum absolute atomic E-state index is 0.162. The van der Waals surface area contributed by atoms with Gasteiger partial charge >= 0.3 is 0 Å². The van der Waals surface area contributed by atoms with Crippen LogP contribution in [0.3, 0.4) is 0 Å². The van der Waals surface area contributed by atoms with Crippen molar-refractivity contribution in [1.82, 2.24) is 15.5 Å². The quantitative estimate of drug-likeness (QED) is 0.922. The fourth-order valence-electron chi connectivity index (χ4n) is 2.42. The fourth-order valence-corrected chi connectivity index (χ4v) is 2.42. The molecule has 4 nitrogen and oxygen atoms in total. The fraction of sp³-hybridized carbons (Fsp3) is 0.429. The van der Waals surface area contributed by atoms with E-state index in [4.69, 9.17) is 4.52 Å². The topological polar surface area (TPSA) is 51.0 Å². The number of hydrogen-bond acceptors (Lipinski definition) is 4. The summed E-state index contributed by atoms with van der Waals surface area (Å²) in [7, 11) is 0. The minimum atomic E-state index is -0.235. The molecule has 2 heterocycles. The van der Waals surface area contributed by atoms with E-state index in [9.17, 15) is 4.39 Å². The second kappa shape index (κ2) is 5.09. The van der Waals surface area contributed by atoms with E-state index in [1.807, 2.05) is 0 Å². The Kier molecular flexibility index (Phi) is 3.29. The molecule has 1 fully saturated rings. The average molecular weight is 261 g/mol. The van der Waals surface area contributed by atoms with E-state index in [1.165, 1.54) is 12.1 Å². The summed E-state index contributed by atoms with van der Waals surface area (Å²) >= 11 is 0. The maximum atomic E-state index is 12.8. The minimum Gasteiger partial charge on any atom is -0.338 e. The van der Waals surface area contributed by atoms with Crippen LogP contribution in [-0.2, 0) is 6.42 Å². The highest BCUT2D eigenvalue weighted by molar-refractivity contribution is 5.19. The Morgan fingerprint density at radius 1 is 1.37 bits per heavy atom. The average Bonchev–Trinajstić information content (AvgIpc) is 3.01. The Morgan fingerprint density at radius 2 is 2.16 bits per heavy atom. The zero-order valence-corrected chi connectivity index (χ0v) is 10.8. The number of aromatic nitrogens is 2. The highest BCUT2D eigenvalue weighted by Crippen LogP contribution is 2.27. The van der Waals surface area contributed by atoms with Gasteiger partial charge in [0, 0.05) is 6.42 Å². The van der Waals surface area contributed by atoms with Crippen molar-refractivity contribution < 1.29 is 8.91 Å². The molecule has 1 aromatic heterocycles. The van der Waals surface area contributed by atoms with Crippen LogP contribution in [0.15, 0.2) is 28.8 Å². The molecule has 1 aromatic carbocycles. The standard InChI is InChI=1S/C14H16FN3O/c1-9-6-7-16-13(9)14-17-12(18-19-14)8-10-2-4-11(15)5-3-10/h2-5,9,13,16H,6-8H2,1H3. The van der Waals surface area contributed by atoms with Crippen LogP contribution in [0, 0.1) is 11.7 Å². The predicted octanol–water partition coefficient (Wildman–Crippen LogP) is 2.47. The van der Waals surface area contributed by atoms with Crippen LogP contribution < -0.4 is 5.32 Å². The first-order valence-electron chi connectivity index (χ1n) is 6.52. The first-order valence-corrected chi connectivity index (χ1v) is 6.52. The molecule has 1 aliphatic heterocycles. The summed E-state index contributed by atoms with van der Waals surface area (Å²) in [6.07, 6.45) is 1.69. The van der Waals surface area contributed by atoms with Crippen molar-refractivity contribution in [2.75, 3.05) is 6.54 Å². The summed E-state index contributed by atoms with van der Waals surface area (Å²) < 4.78 is 18.1. The Bertz CT molecular complexity index is 552. The second-order valence-corrected chi connectivity index (χ2v) is 5.05. The van der Waals surface area contributed by atoms with Crippen LogP contribution in [0.25, 0.3) is 0 Å². The summed E-state index contributed by atoms with van der Waals surface area (Å²) in [6.45, 7) is 3.16. The highest BCUT2D eigenvalue weighted by atomic mass is 19.1. The van der Waals surface area contributed by atoms with Crippen LogP contribution in [0.4, 0.5) is 4.39 Å². The molecule has 19 heavy (non-hydrogen) atoms. The van der Waals surface area contributed by atoms with Crippen LogP contribution in [0.5, 0.6) is 0 Å². The monoisotopic (exact) mass is 261 g/mol. The highest BCUT2D eigenvalue weighted by Gasteiger charge is 2.29. The second-order valence-electron chi connectivity index (χ2n) is 5.05. The molecule has 1 saturated heterocycles. The zero-order chi connectivity index (χ0) is 13.2. The van der Waals surface area contributed by atoms with Gasteiger partial charge < -0.3 is 9.84 Å². The Labute approximate surface area is 111 Å². The van der Waals surface area contributed by atoms with Crippen molar-refractivity contribution in [3.05, 3.63) is 47.4 Å². The molecule has 3 rings (SSSR count). The molecule has 0 spiro atoms.